The van der Waals surface area contributed by atoms with Crippen LogP contribution < -0.4 is 10.1 Å². The summed E-state index contributed by atoms with van der Waals surface area (Å²) in [6.07, 6.45) is -0.675. The molecular formula is C17H16ClNO3. The number of anilines is 1. The van der Waals surface area contributed by atoms with Crippen molar-refractivity contribution in [2.45, 2.75) is 20.0 Å². The second kappa shape index (κ2) is 7.09. The molecule has 0 saturated carbocycles. The van der Waals surface area contributed by atoms with Crippen LogP contribution in [0.3, 0.4) is 0 Å². The first-order valence-corrected chi connectivity index (χ1v) is 7.17. The van der Waals surface area contributed by atoms with E-state index in [9.17, 15) is 9.59 Å². The molecule has 0 spiro atoms. The number of nitrogens with one attached hydrogen (secondary N) is 1. The van der Waals surface area contributed by atoms with Crippen molar-refractivity contribution in [1.29, 1.82) is 0 Å². The Morgan fingerprint density at radius 2 is 1.82 bits per heavy atom. The van der Waals surface area contributed by atoms with Crippen molar-refractivity contribution >= 4 is 29.0 Å². The number of hydrogen-bond acceptors (Lipinski definition) is 3. The molecule has 0 aromatic heterocycles. The van der Waals surface area contributed by atoms with Crippen LogP contribution in [0.25, 0.3) is 0 Å². The van der Waals surface area contributed by atoms with E-state index in [0.29, 0.717) is 22.0 Å². The molecule has 4 nitrogen and oxygen atoms in total. The summed E-state index contributed by atoms with van der Waals surface area (Å²) in [5.74, 6) is 0.230. The maximum atomic E-state index is 12.1. The molecular weight excluding hydrogens is 302 g/mol. The zero-order chi connectivity index (χ0) is 16.1. The second-order valence-electron chi connectivity index (χ2n) is 4.84. The van der Waals surface area contributed by atoms with Crippen molar-refractivity contribution in [3.05, 3.63) is 59.1 Å². The molecule has 2 rings (SSSR count). The lowest BCUT2D eigenvalue weighted by atomic mass is 10.1. The fourth-order valence-corrected chi connectivity index (χ4v) is 2.01. The van der Waals surface area contributed by atoms with Crippen LogP contribution in [0.15, 0.2) is 48.5 Å². The molecule has 2 aromatic rings. The number of amides is 1. The summed E-state index contributed by atoms with van der Waals surface area (Å²) in [5.41, 5.74) is 1.21. The van der Waals surface area contributed by atoms with Gasteiger partial charge in [-0.2, -0.15) is 0 Å². The van der Waals surface area contributed by atoms with Gasteiger partial charge in [0.2, 0.25) is 0 Å². The molecule has 0 bridgehead atoms. The highest BCUT2D eigenvalue weighted by molar-refractivity contribution is 6.30. The summed E-state index contributed by atoms with van der Waals surface area (Å²) in [6.45, 7) is 3.15. The zero-order valence-corrected chi connectivity index (χ0v) is 13.1. The summed E-state index contributed by atoms with van der Waals surface area (Å²) in [6, 6.07) is 13.6. The average molecular weight is 318 g/mol. The maximum Gasteiger partial charge on any atom is 0.265 e. The van der Waals surface area contributed by atoms with Crippen LogP contribution >= 0.6 is 11.6 Å². The van der Waals surface area contributed by atoms with E-state index in [4.69, 9.17) is 16.3 Å². The van der Waals surface area contributed by atoms with Gasteiger partial charge in [0, 0.05) is 16.3 Å². The topological polar surface area (TPSA) is 55.4 Å². The molecule has 0 unspecified atom stereocenters. The van der Waals surface area contributed by atoms with E-state index in [0.717, 1.165) is 0 Å². The van der Waals surface area contributed by atoms with Gasteiger partial charge >= 0.3 is 0 Å². The van der Waals surface area contributed by atoms with Gasteiger partial charge in [0.1, 0.15) is 5.75 Å². The normalized spacial score (nSPS) is 11.6. The molecule has 0 aliphatic carbocycles. The predicted molar refractivity (Wildman–Crippen MR) is 86.6 cm³/mol. The summed E-state index contributed by atoms with van der Waals surface area (Å²) in [4.78, 5) is 23.3. The molecule has 1 amide bonds. The van der Waals surface area contributed by atoms with E-state index in [2.05, 4.69) is 5.32 Å². The zero-order valence-electron chi connectivity index (χ0n) is 12.3. The van der Waals surface area contributed by atoms with E-state index in [-0.39, 0.29) is 11.7 Å². The fraction of sp³-hybridized carbons (Fsp3) is 0.176. The van der Waals surface area contributed by atoms with E-state index < -0.39 is 6.10 Å². The number of Topliss-reactive ketones (excluding diaryl/α,β-unsaturated/α-hetero) is 1. The van der Waals surface area contributed by atoms with Gasteiger partial charge in [-0.1, -0.05) is 17.7 Å². The van der Waals surface area contributed by atoms with Crippen LogP contribution in [-0.4, -0.2) is 17.8 Å². The molecule has 0 aliphatic heterocycles. The summed E-state index contributed by atoms with van der Waals surface area (Å²) in [7, 11) is 0. The smallest absolute Gasteiger partial charge is 0.265 e. The highest BCUT2D eigenvalue weighted by Gasteiger charge is 2.15. The van der Waals surface area contributed by atoms with Gasteiger partial charge in [-0.3, -0.25) is 9.59 Å². The number of benzene rings is 2. The van der Waals surface area contributed by atoms with Gasteiger partial charge in [-0.15, -0.1) is 0 Å². The van der Waals surface area contributed by atoms with Crippen LogP contribution in [0.1, 0.15) is 24.2 Å². The molecule has 1 atom stereocenters. The van der Waals surface area contributed by atoms with Crippen molar-refractivity contribution in [3.63, 3.8) is 0 Å². The first-order chi connectivity index (χ1) is 10.5. The first kappa shape index (κ1) is 16.0. The number of carbonyl (C=O) groups excluding carboxylic acids is 2. The van der Waals surface area contributed by atoms with E-state index >= 15 is 0 Å². The molecule has 5 heteroatoms. The van der Waals surface area contributed by atoms with Crippen molar-refractivity contribution in [3.8, 4) is 5.75 Å². The number of hydrogen-bond donors (Lipinski definition) is 1. The third-order valence-electron chi connectivity index (χ3n) is 3.04. The van der Waals surface area contributed by atoms with Gasteiger partial charge in [-0.05, 0) is 56.3 Å². The lowest BCUT2D eigenvalue weighted by molar-refractivity contribution is -0.122. The van der Waals surface area contributed by atoms with Crippen LogP contribution in [0.2, 0.25) is 5.02 Å². The highest BCUT2D eigenvalue weighted by Crippen LogP contribution is 2.19. The molecule has 1 N–H and O–H groups in total. The van der Waals surface area contributed by atoms with Crippen molar-refractivity contribution in [1.82, 2.24) is 0 Å². The third-order valence-corrected chi connectivity index (χ3v) is 3.27. The second-order valence-corrected chi connectivity index (χ2v) is 5.28. The Morgan fingerprint density at radius 1 is 1.14 bits per heavy atom. The fourth-order valence-electron chi connectivity index (χ4n) is 1.83. The predicted octanol–water partition coefficient (Wildman–Crippen LogP) is 3.95. The van der Waals surface area contributed by atoms with E-state index in [1.165, 1.54) is 6.92 Å². The van der Waals surface area contributed by atoms with E-state index in [1.54, 1.807) is 55.5 Å². The molecule has 2 aromatic carbocycles. The molecule has 0 heterocycles. The molecule has 0 aliphatic rings. The number of carbonyl (C=O) groups is 2. The number of halogens is 1. The summed E-state index contributed by atoms with van der Waals surface area (Å²) < 4.78 is 5.54. The lowest BCUT2D eigenvalue weighted by Crippen LogP contribution is -2.30. The quantitative estimate of drug-likeness (QED) is 0.850. The van der Waals surface area contributed by atoms with Gasteiger partial charge in [0.15, 0.2) is 11.9 Å². The minimum Gasteiger partial charge on any atom is -0.481 e. The Bertz CT molecular complexity index is 683. The summed E-state index contributed by atoms with van der Waals surface area (Å²) in [5, 5.41) is 3.28. The van der Waals surface area contributed by atoms with Gasteiger partial charge < -0.3 is 10.1 Å². The highest BCUT2D eigenvalue weighted by atomic mass is 35.5. The lowest BCUT2D eigenvalue weighted by Gasteiger charge is -2.15. The number of ketones is 1. The Labute approximate surface area is 134 Å². The van der Waals surface area contributed by atoms with Crippen molar-refractivity contribution < 1.29 is 14.3 Å². The van der Waals surface area contributed by atoms with Crippen LogP contribution in [0.4, 0.5) is 5.69 Å². The molecule has 0 saturated heterocycles. The monoisotopic (exact) mass is 317 g/mol. The minimum absolute atomic E-state index is 0.0180. The summed E-state index contributed by atoms with van der Waals surface area (Å²) >= 11 is 5.87. The van der Waals surface area contributed by atoms with Crippen LogP contribution in [0, 0.1) is 0 Å². The van der Waals surface area contributed by atoms with Crippen LogP contribution in [-0.2, 0) is 4.79 Å². The van der Waals surface area contributed by atoms with Gasteiger partial charge in [0.25, 0.3) is 5.91 Å². The first-order valence-electron chi connectivity index (χ1n) is 6.80. The minimum atomic E-state index is -0.675. The average Bonchev–Trinajstić information content (AvgIpc) is 2.47. The SMILES string of the molecule is CC(=O)c1ccc(NC(=O)[C@H](C)Oc2cccc(Cl)c2)cc1. The molecule has 0 fully saturated rings. The Hall–Kier alpha value is -2.33. The van der Waals surface area contributed by atoms with Crippen molar-refractivity contribution in [2.75, 3.05) is 5.32 Å². The molecule has 0 radical (unpaired) electrons. The Balaban J connectivity index is 1.97. The maximum absolute atomic E-state index is 12.1. The largest absolute Gasteiger partial charge is 0.481 e. The number of rotatable bonds is 5. The Kier molecular flexibility index (Phi) is 5.17. The third kappa shape index (κ3) is 4.33. The molecule has 114 valence electrons. The Morgan fingerprint density at radius 3 is 2.41 bits per heavy atom. The van der Waals surface area contributed by atoms with Crippen LogP contribution in [0.5, 0.6) is 5.75 Å². The van der Waals surface area contributed by atoms with Gasteiger partial charge in [-0.25, -0.2) is 0 Å². The van der Waals surface area contributed by atoms with E-state index in [1.807, 2.05) is 0 Å². The standard InChI is InChI=1S/C17H16ClNO3/c1-11(20)13-6-8-15(9-7-13)19-17(21)12(2)22-16-5-3-4-14(18)10-16/h3-10,12H,1-2H3,(H,19,21)/t12-/m0/s1. The number of ether oxygens (including phenoxy) is 1. The van der Waals surface area contributed by atoms with Gasteiger partial charge in [0.05, 0.1) is 0 Å². The van der Waals surface area contributed by atoms with Crippen molar-refractivity contribution in [2.24, 2.45) is 0 Å². The molecule has 22 heavy (non-hydrogen) atoms.